The summed E-state index contributed by atoms with van der Waals surface area (Å²) in [6.45, 7) is 0. The zero-order chi connectivity index (χ0) is 15.4. The van der Waals surface area contributed by atoms with Crippen molar-refractivity contribution in [2.24, 2.45) is 0 Å². The molecule has 3 heteroatoms. The molecule has 0 amide bonds. The minimum absolute atomic E-state index is 0.0813. The average molecular weight is 298 g/mol. The maximum atomic E-state index is 12.8. The molecule has 3 nitrogen and oxygen atoms in total. The molecule has 1 aromatic heterocycles. The van der Waals surface area contributed by atoms with Crippen LogP contribution >= 0.6 is 0 Å². The van der Waals surface area contributed by atoms with Gasteiger partial charge in [0.15, 0.2) is 5.43 Å². The molecule has 0 fully saturated rings. The standard InChI is InChI=1S/C20H14N2O/c23-20-14-6-2-4-8-17(14)22-19-10-13-9-12-5-1-3-7-16(12)21-18(13)11-15(19)20/h1-8,10-11,21H,9H2,(H,22,23). The summed E-state index contributed by atoms with van der Waals surface area (Å²) in [5.41, 5.74) is 6.50. The number of aromatic amines is 1. The molecule has 0 aliphatic carbocycles. The van der Waals surface area contributed by atoms with Crippen LogP contribution in [0.15, 0.2) is 65.5 Å². The van der Waals surface area contributed by atoms with Gasteiger partial charge in [-0.2, -0.15) is 0 Å². The Morgan fingerprint density at radius 1 is 0.739 bits per heavy atom. The molecule has 5 rings (SSSR count). The van der Waals surface area contributed by atoms with Crippen molar-refractivity contribution in [3.05, 3.63) is 82.0 Å². The second-order valence-electron chi connectivity index (χ2n) is 6.01. The van der Waals surface area contributed by atoms with Crippen LogP contribution in [0.25, 0.3) is 21.8 Å². The van der Waals surface area contributed by atoms with Gasteiger partial charge in [-0.3, -0.25) is 4.79 Å². The monoisotopic (exact) mass is 298 g/mol. The summed E-state index contributed by atoms with van der Waals surface area (Å²) in [5, 5.41) is 4.92. The molecule has 0 atom stereocenters. The number of rotatable bonds is 0. The molecule has 0 bridgehead atoms. The molecule has 1 aliphatic heterocycles. The summed E-state index contributed by atoms with van der Waals surface area (Å²) in [6, 6.07) is 20.0. The first-order chi connectivity index (χ1) is 11.3. The lowest BCUT2D eigenvalue weighted by atomic mass is 9.95. The smallest absolute Gasteiger partial charge is 0.197 e. The third-order valence-corrected chi connectivity index (χ3v) is 4.60. The van der Waals surface area contributed by atoms with Crippen molar-refractivity contribution >= 4 is 33.2 Å². The second-order valence-corrected chi connectivity index (χ2v) is 6.01. The molecule has 0 radical (unpaired) electrons. The molecule has 2 N–H and O–H groups in total. The predicted molar refractivity (Wildman–Crippen MR) is 94.6 cm³/mol. The first-order valence-electron chi connectivity index (χ1n) is 7.72. The molecule has 0 unspecified atom stereocenters. The van der Waals surface area contributed by atoms with Crippen molar-refractivity contribution in [2.75, 3.05) is 5.32 Å². The maximum Gasteiger partial charge on any atom is 0.197 e. The zero-order valence-electron chi connectivity index (χ0n) is 12.4. The van der Waals surface area contributed by atoms with Crippen LogP contribution in [0.1, 0.15) is 11.1 Å². The van der Waals surface area contributed by atoms with E-state index in [0.717, 1.165) is 39.6 Å². The second kappa shape index (κ2) is 4.46. The van der Waals surface area contributed by atoms with E-state index in [1.807, 2.05) is 36.4 Å². The number of anilines is 2. The van der Waals surface area contributed by atoms with Gasteiger partial charge < -0.3 is 10.3 Å². The van der Waals surface area contributed by atoms with Crippen LogP contribution in [0, 0.1) is 0 Å². The van der Waals surface area contributed by atoms with E-state index < -0.39 is 0 Å². The average Bonchev–Trinajstić information content (AvgIpc) is 2.59. The lowest BCUT2D eigenvalue weighted by molar-refractivity contribution is 1.16. The van der Waals surface area contributed by atoms with Gasteiger partial charge in [0.25, 0.3) is 0 Å². The van der Waals surface area contributed by atoms with Crippen molar-refractivity contribution in [3.8, 4) is 0 Å². The van der Waals surface area contributed by atoms with Gasteiger partial charge in [0.1, 0.15) is 0 Å². The third-order valence-electron chi connectivity index (χ3n) is 4.60. The largest absolute Gasteiger partial charge is 0.355 e. The summed E-state index contributed by atoms with van der Waals surface area (Å²) in [4.78, 5) is 16.2. The number of pyridine rings is 1. The van der Waals surface area contributed by atoms with E-state index >= 15 is 0 Å². The molecule has 0 saturated heterocycles. The van der Waals surface area contributed by atoms with E-state index in [0.29, 0.717) is 0 Å². The molecule has 0 saturated carbocycles. The Hall–Kier alpha value is -3.07. The van der Waals surface area contributed by atoms with Crippen molar-refractivity contribution in [2.45, 2.75) is 6.42 Å². The fourth-order valence-corrected chi connectivity index (χ4v) is 3.43. The van der Waals surface area contributed by atoms with Crippen LogP contribution < -0.4 is 10.7 Å². The fraction of sp³-hybridized carbons (Fsp3) is 0.0500. The van der Waals surface area contributed by atoms with Crippen molar-refractivity contribution in [1.82, 2.24) is 4.98 Å². The summed E-state index contributed by atoms with van der Waals surface area (Å²) in [6.07, 6.45) is 0.878. The van der Waals surface area contributed by atoms with E-state index in [1.54, 1.807) is 0 Å². The number of hydrogen-bond donors (Lipinski definition) is 2. The van der Waals surface area contributed by atoms with E-state index in [4.69, 9.17) is 0 Å². The molecule has 3 aromatic carbocycles. The number of hydrogen-bond acceptors (Lipinski definition) is 2. The Kier molecular flexibility index (Phi) is 2.42. The lowest BCUT2D eigenvalue weighted by Crippen LogP contribution is -2.10. The molecular weight excluding hydrogens is 284 g/mol. The summed E-state index contributed by atoms with van der Waals surface area (Å²) >= 11 is 0. The summed E-state index contributed by atoms with van der Waals surface area (Å²) < 4.78 is 0. The number of aromatic nitrogens is 1. The van der Waals surface area contributed by atoms with Crippen LogP contribution in [0.2, 0.25) is 0 Å². The van der Waals surface area contributed by atoms with Crippen molar-refractivity contribution in [3.63, 3.8) is 0 Å². The topological polar surface area (TPSA) is 44.9 Å². The highest BCUT2D eigenvalue weighted by molar-refractivity contribution is 5.95. The van der Waals surface area contributed by atoms with Crippen LogP contribution in [-0.4, -0.2) is 4.98 Å². The fourth-order valence-electron chi connectivity index (χ4n) is 3.43. The van der Waals surface area contributed by atoms with E-state index in [2.05, 4.69) is 34.6 Å². The van der Waals surface area contributed by atoms with E-state index in [-0.39, 0.29) is 5.43 Å². The third kappa shape index (κ3) is 1.80. The molecule has 23 heavy (non-hydrogen) atoms. The highest BCUT2D eigenvalue weighted by Crippen LogP contribution is 2.34. The number of fused-ring (bicyclic) bond motifs is 4. The summed E-state index contributed by atoms with van der Waals surface area (Å²) in [7, 11) is 0. The van der Waals surface area contributed by atoms with Crippen LogP contribution in [0.4, 0.5) is 11.4 Å². The number of benzene rings is 3. The Bertz CT molecular complexity index is 1140. The minimum Gasteiger partial charge on any atom is -0.355 e. The first kappa shape index (κ1) is 12.5. The Morgan fingerprint density at radius 3 is 2.52 bits per heavy atom. The number of H-pyrrole nitrogens is 1. The molecule has 2 heterocycles. The maximum absolute atomic E-state index is 12.8. The molecule has 0 spiro atoms. The van der Waals surface area contributed by atoms with E-state index in [1.165, 1.54) is 11.1 Å². The van der Waals surface area contributed by atoms with Gasteiger partial charge in [-0.25, -0.2) is 0 Å². The summed E-state index contributed by atoms with van der Waals surface area (Å²) in [5.74, 6) is 0. The van der Waals surface area contributed by atoms with Gasteiger partial charge in [-0.15, -0.1) is 0 Å². The normalized spacial score (nSPS) is 12.7. The molecule has 1 aliphatic rings. The van der Waals surface area contributed by atoms with Gasteiger partial charge >= 0.3 is 0 Å². The van der Waals surface area contributed by atoms with Crippen molar-refractivity contribution < 1.29 is 0 Å². The van der Waals surface area contributed by atoms with Gasteiger partial charge in [-0.1, -0.05) is 30.3 Å². The highest BCUT2D eigenvalue weighted by atomic mass is 16.1. The lowest BCUT2D eigenvalue weighted by Gasteiger charge is -2.22. The first-order valence-corrected chi connectivity index (χ1v) is 7.72. The highest BCUT2D eigenvalue weighted by Gasteiger charge is 2.16. The predicted octanol–water partition coefficient (Wildman–Crippen LogP) is 4.33. The van der Waals surface area contributed by atoms with Crippen LogP contribution in [0.5, 0.6) is 0 Å². The van der Waals surface area contributed by atoms with Gasteiger partial charge in [0.05, 0.1) is 5.52 Å². The number of para-hydroxylation sites is 2. The van der Waals surface area contributed by atoms with Crippen molar-refractivity contribution in [1.29, 1.82) is 0 Å². The minimum atomic E-state index is 0.0813. The van der Waals surface area contributed by atoms with Crippen LogP contribution in [0.3, 0.4) is 0 Å². The quantitative estimate of drug-likeness (QED) is 0.418. The Balaban J connectivity index is 1.81. The zero-order valence-corrected chi connectivity index (χ0v) is 12.4. The van der Waals surface area contributed by atoms with Gasteiger partial charge in [0.2, 0.25) is 0 Å². The molecule has 4 aromatic rings. The SMILES string of the molecule is O=c1c2ccccc2[nH]c2cc3c(cc12)Nc1ccccc1C3. The molecule has 110 valence electrons. The van der Waals surface area contributed by atoms with Gasteiger partial charge in [0, 0.05) is 34.1 Å². The molecular formula is C20H14N2O. The number of nitrogens with one attached hydrogen (secondary N) is 2. The Labute approximate surface area is 132 Å². The van der Waals surface area contributed by atoms with Crippen LogP contribution in [-0.2, 0) is 6.42 Å². The van der Waals surface area contributed by atoms with Gasteiger partial charge in [-0.05, 0) is 41.5 Å². The van der Waals surface area contributed by atoms with E-state index in [9.17, 15) is 4.79 Å². The Morgan fingerprint density at radius 2 is 1.57 bits per heavy atom.